The highest BCUT2D eigenvalue weighted by Crippen LogP contribution is 2.61. The van der Waals surface area contributed by atoms with Crippen LogP contribution in [0, 0.1) is 11.6 Å². The zero-order valence-electron chi connectivity index (χ0n) is 15.0. The quantitative estimate of drug-likeness (QED) is 0.579. The van der Waals surface area contributed by atoms with Crippen LogP contribution in [-0.2, 0) is 4.79 Å². The van der Waals surface area contributed by atoms with Crippen molar-refractivity contribution in [1.29, 1.82) is 0 Å². The summed E-state index contributed by atoms with van der Waals surface area (Å²) in [5, 5.41) is -0.539. The van der Waals surface area contributed by atoms with Crippen LogP contribution in [0.3, 0.4) is 0 Å². The molecule has 0 fully saturated rings. The molecule has 148 valence electrons. The molecule has 0 aliphatic carbocycles. The topological polar surface area (TPSA) is 49.7 Å². The van der Waals surface area contributed by atoms with Crippen LogP contribution in [0.25, 0.3) is 0 Å². The van der Waals surface area contributed by atoms with Crippen LogP contribution < -0.4 is 4.90 Å². The molecule has 0 spiro atoms. The molecule has 0 saturated carbocycles. The first-order chi connectivity index (χ1) is 13.2. The number of rotatable bonds is 3. The Balaban J connectivity index is 2.21. The fourth-order valence-electron chi connectivity index (χ4n) is 2.96. The summed E-state index contributed by atoms with van der Waals surface area (Å²) in [7, 11) is -2.96. The standard InChI is InChI=1S/C19H16Cl2F2N2O2S/c1-11(2)25(16-5-4-13(22)8-15(16)23)19(27)28(10-24-9-18(28)26)17-6-3-12(20)7-14(17)21/h3-8,10-11H,9H2,1-2H3. The predicted molar refractivity (Wildman–Crippen MR) is 110 cm³/mol. The molecule has 1 aliphatic rings. The van der Waals surface area contributed by atoms with Crippen molar-refractivity contribution in [3.05, 3.63) is 58.1 Å². The van der Waals surface area contributed by atoms with Gasteiger partial charge in [0.2, 0.25) is 5.12 Å². The molecule has 1 unspecified atom stereocenters. The van der Waals surface area contributed by atoms with Gasteiger partial charge in [0.1, 0.15) is 18.2 Å². The fraction of sp³-hybridized carbons (Fsp3) is 0.211. The lowest BCUT2D eigenvalue weighted by atomic mass is 10.2. The summed E-state index contributed by atoms with van der Waals surface area (Å²) in [6.45, 7) is 3.18. The summed E-state index contributed by atoms with van der Waals surface area (Å²) >= 11 is 12.3. The van der Waals surface area contributed by atoms with E-state index in [4.69, 9.17) is 23.2 Å². The summed E-state index contributed by atoms with van der Waals surface area (Å²) in [6, 6.07) is 6.91. The summed E-state index contributed by atoms with van der Waals surface area (Å²) in [5.74, 6) is -1.67. The van der Waals surface area contributed by atoms with Crippen molar-refractivity contribution in [3.63, 3.8) is 0 Å². The first-order valence-corrected chi connectivity index (χ1v) is 10.7. The highest BCUT2D eigenvalue weighted by Gasteiger charge is 2.48. The van der Waals surface area contributed by atoms with Crippen LogP contribution in [0.15, 0.2) is 46.3 Å². The molecule has 1 amide bonds. The van der Waals surface area contributed by atoms with Crippen molar-refractivity contribution in [2.75, 3.05) is 11.4 Å². The average Bonchev–Trinajstić information content (AvgIpc) is 2.99. The van der Waals surface area contributed by atoms with Gasteiger partial charge in [-0.2, -0.15) is 0 Å². The molecule has 3 rings (SSSR count). The second-order valence-corrected chi connectivity index (χ2v) is 10.00. The maximum atomic E-state index is 14.5. The zero-order valence-corrected chi connectivity index (χ0v) is 17.3. The number of aliphatic imine (C=N–C) groups is 1. The smallest absolute Gasteiger partial charge is 0.284 e. The minimum atomic E-state index is -2.96. The third-order valence-electron chi connectivity index (χ3n) is 4.21. The number of anilines is 1. The van der Waals surface area contributed by atoms with Gasteiger partial charge < -0.3 is 0 Å². The summed E-state index contributed by atoms with van der Waals surface area (Å²) in [5.41, 5.74) is 1.20. The van der Waals surface area contributed by atoms with E-state index >= 15 is 0 Å². The van der Waals surface area contributed by atoms with Crippen LogP contribution in [-0.4, -0.2) is 28.5 Å². The number of carbonyl (C=O) groups is 2. The van der Waals surface area contributed by atoms with Crippen LogP contribution >= 0.6 is 33.2 Å². The van der Waals surface area contributed by atoms with Gasteiger partial charge in [0.05, 0.1) is 16.3 Å². The van der Waals surface area contributed by atoms with E-state index in [0.29, 0.717) is 16.0 Å². The molecule has 2 aromatic carbocycles. The molecular weight excluding hydrogens is 429 g/mol. The van der Waals surface area contributed by atoms with E-state index in [1.807, 2.05) is 0 Å². The second kappa shape index (κ2) is 7.81. The normalized spacial score (nSPS) is 21.0. The minimum Gasteiger partial charge on any atom is -0.298 e. The van der Waals surface area contributed by atoms with Gasteiger partial charge in [-0.25, -0.2) is 8.78 Å². The third kappa shape index (κ3) is 3.43. The van der Waals surface area contributed by atoms with E-state index in [-0.39, 0.29) is 17.3 Å². The number of benzene rings is 2. The molecule has 0 saturated heterocycles. The van der Waals surface area contributed by atoms with Gasteiger partial charge in [-0.3, -0.25) is 19.5 Å². The van der Waals surface area contributed by atoms with E-state index in [0.717, 1.165) is 11.0 Å². The van der Waals surface area contributed by atoms with Crippen LogP contribution in [0.2, 0.25) is 10.0 Å². The van der Waals surface area contributed by atoms with Crippen molar-refractivity contribution < 1.29 is 18.4 Å². The van der Waals surface area contributed by atoms with Gasteiger partial charge in [-0.1, -0.05) is 23.2 Å². The number of nitrogens with zero attached hydrogens (tertiary/aromatic N) is 2. The van der Waals surface area contributed by atoms with Crippen molar-refractivity contribution in [3.8, 4) is 0 Å². The molecule has 0 radical (unpaired) electrons. The van der Waals surface area contributed by atoms with E-state index < -0.39 is 38.1 Å². The monoisotopic (exact) mass is 444 g/mol. The van der Waals surface area contributed by atoms with Crippen molar-refractivity contribution in [2.24, 2.45) is 4.99 Å². The lowest BCUT2D eigenvalue weighted by Crippen LogP contribution is -2.41. The Morgan fingerprint density at radius 2 is 1.89 bits per heavy atom. The van der Waals surface area contributed by atoms with Gasteiger partial charge in [0, 0.05) is 22.0 Å². The van der Waals surface area contributed by atoms with Crippen LogP contribution in [0.1, 0.15) is 13.8 Å². The third-order valence-corrected chi connectivity index (χ3v) is 7.98. The lowest BCUT2D eigenvalue weighted by Gasteiger charge is -2.37. The fourth-order valence-corrected chi connectivity index (χ4v) is 6.52. The summed E-state index contributed by atoms with van der Waals surface area (Å²) in [4.78, 5) is 32.1. The highest BCUT2D eigenvalue weighted by atomic mass is 35.5. The van der Waals surface area contributed by atoms with Crippen molar-refractivity contribution in [2.45, 2.75) is 24.8 Å². The highest BCUT2D eigenvalue weighted by molar-refractivity contribution is 8.64. The number of carbonyl (C=O) groups excluding carboxylic acids is 2. The van der Waals surface area contributed by atoms with E-state index in [2.05, 4.69) is 4.99 Å². The van der Waals surface area contributed by atoms with Crippen LogP contribution in [0.4, 0.5) is 19.3 Å². The molecule has 1 aliphatic heterocycles. The molecule has 0 aromatic heterocycles. The molecule has 9 heteroatoms. The molecular formula is C19H16Cl2F2N2O2S. The minimum absolute atomic E-state index is 0.119. The Morgan fingerprint density at radius 1 is 1.18 bits per heavy atom. The van der Waals surface area contributed by atoms with Crippen molar-refractivity contribution in [1.82, 2.24) is 0 Å². The first kappa shape index (κ1) is 20.8. The maximum Gasteiger partial charge on any atom is 0.284 e. The van der Waals surface area contributed by atoms with Gasteiger partial charge in [0.25, 0.3) is 5.24 Å². The Morgan fingerprint density at radius 3 is 2.43 bits per heavy atom. The molecule has 0 bridgehead atoms. The second-order valence-electron chi connectivity index (χ2n) is 6.38. The maximum absolute atomic E-state index is 14.5. The van der Waals surface area contributed by atoms with E-state index in [1.54, 1.807) is 13.8 Å². The molecule has 4 nitrogen and oxygen atoms in total. The lowest BCUT2D eigenvalue weighted by molar-refractivity contribution is -0.109. The van der Waals surface area contributed by atoms with Crippen molar-refractivity contribution >= 4 is 54.8 Å². The SMILES string of the molecule is CC(C)N(C(=O)S1(c2ccc(Cl)cc2Cl)C=NCC1=O)c1ccc(F)cc1F. The molecule has 0 N–H and O–H groups in total. The summed E-state index contributed by atoms with van der Waals surface area (Å²) < 4.78 is 27.8. The molecule has 1 heterocycles. The largest absolute Gasteiger partial charge is 0.298 e. The summed E-state index contributed by atoms with van der Waals surface area (Å²) in [6.07, 6.45) is 0. The Hall–Kier alpha value is -1.96. The van der Waals surface area contributed by atoms with Crippen LogP contribution in [0.5, 0.6) is 0 Å². The van der Waals surface area contributed by atoms with Gasteiger partial charge in [-0.15, -0.1) is 0 Å². The average molecular weight is 445 g/mol. The van der Waals surface area contributed by atoms with E-state index in [1.165, 1.54) is 29.8 Å². The number of halogens is 4. The Bertz CT molecular complexity index is 1000. The first-order valence-electron chi connectivity index (χ1n) is 8.28. The van der Waals surface area contributed by atoms with Gasteiger partial charge >= 0.3 is 0 Å². The van der Waals surface area contributed by atoms with Gasteiger partial charge in [-0.05, 0) is 54.2 Å². The molecule has 1 atom stereocenters. The number of hydrogen-bond acceptors (Lipinski definition) is 3. The predicted octanol–water partition coefficient (Wildman–Crippen LogP) is 6.04. The van der Waals surface area contributed by atoms with Gasteiger partial charge in [0.15, 0.2) is 0 Å². The zero-order chi connectivity index (χ0) is 20.6. The van der Waals surface area contributed by atoms with E-state index in [9.17, 15) is 18.4 Å². The number of amides is 1. The molecule has 2 aromatic rings. The Labute approximate surface area is 172 Å². The molecule has 28 heavy (non-hydrogen) atoms. The Kier molecular flexibility index (Phi) is 5.79. The number of hydrogen-bond donors (Lipinski definition) is 0.